The lowest BCUT2D eigenvalue weighted by Crippen LogP contribution is -2.59. The van der Waals surface area contributed by atoms with E-state index in [4.69, 9.17) is 20.9 Å². The Labute approximate surface area is 183 Å². The van der Waals surface area contributed by atoms with Crippen molar-refractivity contribution in [3.05, 3.63) is 35.9 Å². The Balaban J connectivity index is 1.88. The summed E-state index contributed by atoms with van der Waals surface area (Å²) < 4.78 is 10.7. The second kappa shape index (κ2) is 11.1. The predicted molar refractivity (Wildman–Crippen MR) is 116 cm³/mol. The molecule has 31 heavy (non-hydrogen) atoms. The van der Waals surface area contributed by atoms with Crippen molar-refractivity contribution in [3.8, 4) is 0 Å². The summed E-state index contributed by atoms with van der Waals surface area (Å²) in [5.74, 6) is -1.11. The van der Waals surface area contributed by atoms with Crippen LogP contribution in [0.2, 0.25) is 0 Å². The maximum absolute atomic E-state index is 12.5. The first-order valence-electron chi connectivity index (χ1n) is 10.6. The van der Waals surface area contributed by atoms with Gasteiger partial charge in [0, 0.05) is 26.1 Å². The number of benzene rings is 1. The smallest absolute Gasteiger partial charge is 0.324 e. The van der Waals surface area contributed by atoms with Crippen LogP contribution in [0.25, 0.3) is 0 Å². The molecule has 0 bridgehead atoms. The highest BCUT2D eigenvalue weighted by atomic mass is 16.6. The molecule has 9 nitrogen and oxygen atoms in total. The summed E-state index contributed by atoms with van der Waals surface area (Å²) in [6.45, 7) is 7.40. The Kier molecular flexibility index (Phi) is 8.82. The SMILES string of the molecule is CC(C)(C)OC(=O)CC[C@H](N)C(=O)OC1CN(CCc2ccccc2)CCN1C(N)=O. The number of amides is 2. The van der Waals surface area contributed by atoms with Crippen LogP contribution in [0, 0.1) is 0 Å². The summed E-state index contributed by atoms with van der Waals surface area (Å²) in [5, 5.41) is 0. The van der Waals surface area contributed by atoms with Crippen LogP contribution in [0.4, 0.5) is 4.79 Å². The summed E-state index contributed by atoms with van der Waals surface area (Å²) >= 11 is 0. The zero-order valence-corrected chi connectivity index (χ0v) is 18.6. The van der Waals surface area contributed by atoms with E-state index in [1.807, 2.05) is 18.2 Å². The fraction of sp³-hybridized carbons (Fsp3) is 0.591. The van der Waals surface area contributed by atoms with E-state index >= 15 is 0 Å². The summed E-state index contributed by atoms with van der Waals surface area (Å²) in [7, 11) is 0. The van der Waals surface area contributed by atoms with Gasteiger partial charge in [-0.25, -0.2) is 4.79 Å². The Hall–Kier alpha value is -2.65. The van der Waals surface area contributed by atoms with Gasteiger partial charge in [0.1, 0.15) is 11.6 Å². The molecular weight excluding hydrogens is 400 g/mol. The fourth-order valence-corrected chi connectivity index (χ4v) is 3.30. The van der Waals surface area contributed by atoms with Crippen LogP contribution in [-0.4, -0.2) is 71.8 Å². The van der Waals surface area contributed by atoms with Crippen LogP contribution in [0.15, 0.2) is 30.3 Å². The van der Waals surface area contributed by atoms with E-state index in [0.29, 0.717) is 19.6 Å². The van der Waals surface area contributed by atoms with Crippen LogP contribution >= 0.6 is 0 Å². The lowest BCUT2D eigenvalue weighted by atomic mass is 10.1. The molecule has 0 radical (unpaired) electrons. The van der Waals surface area contributed by atoms with Gasteiger partial charge in [0.2, 0.25) is 0 Å². The van der Waals surface area contributed by atoms with Crippen LogP contribution in [0.3, 0.4) is 0 Å². The first-order valence-corrected chi connectivity index (χ1v) is 10.6. The van der Waals surface area contributed by atoms with E-state index in [9.17, 15) is 14.4 Å². The zero-order valence-electron chi connectivity index (χ0n) is 18.6. The molecule has 0 spiro atoms. The lowest BCUT2D eigenvalue weighted by molar-refractivity contribution is -0.163. The number of esters is 2. The van der Waals surface area contributed by atoms with Crippen molar-refractivity contribution in [3.63, 3.8) is 0 Å². The van der Waals surface area contributed by atoms with Gasteiger partial charge in [0.15, 0.2) is 6.23 Å². The monoisotopic (exact) mass is 434 g/mol. The minimum absolute atomic E-state index is 0.000930. The van der Waals surface area contributed by atoms with E-state index in [-0.39, 0.29) is 12.8 Å². The first-order chi connectivity index (χ1) is 14.5. The lowest BCUT2D eigenvalue weighted by Gasteiger charge is -2.40. The van der Waals surface area contributed by atoms with Crippen molar-refractivity contribution in [1.82, 2.24) is 9.80 Å². The second-order valence-electron chi connectivity index (χ2n) is 8.69. The van der Waals surface area contributed by atoms with Gasteiger partial charge >= 0.3 is 18.0 Å². The van der Waals surface area contributed by atoms with Crippen LogP contribution < -0.4 is 11.5 Å². The van der Waals surface area contributed by atoms with Crippen molar-refractivity contribution in [1.29, 1.82) is 0 Å². The summed E-state index contributed by atoms with van der Waals surface area (Å²) in [4.78, 5) is 39.6. The van der Waals surface area contributed by atoms with E-state index < -0.39 is 35.8 Å². The molecule has 2 amide bonds. The molecule has 1 aromatic rings. The molecule has 172 valence electrons. The van der Waals surface area contributed by atoms with Gasteiger partial charge in [0.05, 0.1) is 6.54 Å². The van der Waals surface area contributed by atoms with E-state index in [2.05, 4.69) is 17.0 Å². The zero-order chi connectivity index (χ0) is 23.0. The van der Waals surface area contributed by atoms with Crippen LogP contribution in [-0.2, 0) is 25.5 Å². The predicted octanol–water partition coefficient (Wildman–Crippen LogP) is 1.24. The summed E-state index contributed by atoms with van der Waals surface area (Å²) in [6.07, 6.45) is 0.116. The van der Waals surface area contributed by atoms with E-state index in [1.165, 1.54) is 10.5 Å². The van der Waals surface area contributed by atoms with Crippen molar-refractivity contribution < 1.29 is 23.9 Å². The van der Waals surface area contributed by atoms with Gasteiger partial charge < -0.3 is 20.9 Å². The third-order valence-electron chi connectivity index (χ3n) is 4.90. The number of primary amides is 1. The van der Waals surface area contributed by atoms with Gasteiger partial charge in [-0.3, -0.25) is 19.4 Å². The fourth-order valence-electron chi connectivity index (χ4n) is 3.30. The van der Waals surface area contributed by atoms with Gasteiger partial charge in [-0.15, -0.1) is 0 Å². The number of hydrogen-bond acceptors (Lipinski definition) is 7. The molecule has 1 aromatic carbocycles. The maximum atomic E-state index is 12.5. The van der Waals surface area contributed by atoms with Gasteiger partial charge in [-0.05, 0) is 39.2 Å². The van der Waals surface area contributed by atoms with Crippen molar-refractivity contribution in [2.24, 2.45) is 11.5 Å². The molecular formula is C22H34N4O5. The summed E-state index contributed by atoms with van der Waals surface area (Å²) in [6, 6.07) is 8.41. The van der Waals surface area contributed by atoms with Gasteiger partial charge in [-0.2, -0.15) is 0 Å². The number of carbonyl (C=O) groups is 3. The molecule has 0 aromatic heterocycles. The van der Waals surface area contributed by atoms with Crippen molar-refractivity contribution in [2.45, 2.75) is 57.9 Å². The third-order valence-corrected chi connectivity index (χ3v) is 4.90. The van der Waals surface area contributed by atoms with Crippen LogP contribution in [0.1, 0.15) is 39.2 Å². The van der Waals surface area contributed by atoms with Crippen LogP contribution in [0.5, 0.6) is 0 Å². The van der Waals surface area contributed by atoms with Gasteiger partial charge in [0.25, 0.3) is 0 Å². The summed E-state index contributed by atoms with van der Waals surface area (Å²) in [5.41, 5.74) is 12.0. The number of nitrogens with two attached hydrogens (primary N) is 2. The average molecular weight is 435 g/mol. The molecule has 1 aliphatic rings. The Morgan fingerprint density at radius 1 is 1.16 bits per heavy atom. The number of ether oxygens (including phenoxy) is 2. The minimum Gasteiger partial charge on any atom is -0.460 e. The quantitative estimate of drug-likeness (QED) is 0.589. The highest BCUT2D eigenvalue weighted by Gasteiger charge is 2.33. The molecule has 2 atom stereocenters. The number of rotatable bonds is 8. The Bertz CT molecular complexity index is 750. The minimum atomic E-state index is -0.998. The van der Waals surface area contributed by atoms with Crippen molar-refractivity contribution >= 4 is 18.0 Å². The first kappa shape index (κ1) is 24.6. The Morgan fingerprint density at radius 3 is 2.45 bits per heavy atom. The molecule has 1 unspecified atom stereocenters. The molecule has 9 heteroatoms. The number of urea groups is 1. The maximum Gasteiger partial charge on any atom is 0.324 e. The topological polar surface area (TPSA) is 128 Å². The Morgan fingerprint density at radius 2 is 1.84 bits per heavy atom. The average Bonchev–Trinajstić information content (AvgIpc) is 2.69. The number of piperazine rings is 1. The largest absolute Gasteiger partial charge is 0.460 e. The van der Waals surface area contributed by atoms with E-state index in [0.717, 1.165) is 13.0 Å². The molecule has 1 heterocycles. The normalized spacial score (nSPS) is 18.3. The molecule has 4 N–H and O–H groups in total. The number of hydrogen-bond donors (Lipinski definition) is 2. The highest BCUT2D eigenvalue weighted by molar-refractivity contribution is 5.78. The van der Waals surface area contributed by atoms with E-state index in [1.54, 1.807) is 20.8 Å². The molecule has 2 rings (SSSR count). The van der Waals surface area contributed by atoms with Crippen molar-refractivity contribution in [2.75, 3.05) is 26.2 Å². The highest BCUT2D eigenvalue weighted by Crippen LogP contribution is 2.15. The molecule has 0 saturated carbocycles. The molecule has 1 saturated heterocycles. The molecule has 1 fully saturated rings. The standard InChI is InChI=1S/C22H34N4O5/c1-22(2,3)31-19(27)10-9-17(23)20(28)30-18-15-25(13-14-26(18)21(24)29)12-11-16-7-5-4-6-8-16/h4-8,17-18H,9-15,23H2,1-3H3,(H2,24,29)/t17-,18?/m0/s1. The molecule has 0 aliphatic carbocycles. The molecule has 1 aliphatic heterocycles. The number of carbonyl (C=O) groups excluding carboxylic acids is 3. The third kappa shape index (κ3) is 8.55. The number of nitrogens with zero attached hydrogens (tertiary/aromatic N) is 2. The van der Waals surface area contributed by atoms with Gasteiger partial charge in [-0.1, -0.05) is 30.3 Å². The second-order valence-corrected chi connectivity index (χ2v) is 8.69.